The summed E-state index contributed by atoms with van der Waals surface area (Å²) >= 11 is 0. The zero-order valence-corrected chi connectivity index (χ0v) is 24.7. The van der Waals surface area contributed by atoms with Gasteiger partial charge in [-0.25, -0.2) is 0 Å². The summed E-state index contributed by atoms with van der Waals surface area (Å²) in [6.07, 6.45) is -5.14. The van der Waals surface area contributed by atoms with Gasteiger partial charge in [0.05, 0.1) is 32.6 Å². The number of ether oxygens (including phenoxy) is 2. The Kier molecular flexibility index (Phi) is 11.3. The summed E-state index contributed by atoms with van der Waals surface area (Å²) < 4.78 is 48.2. The molecule has 0 bridgehead atoms. The quantitative estimate of drug-likeness (QED) is 0.135. The first-order valence-electron chi connectivity index (χ1n) is 13.5. The Bertz CT molecular complexity index is 1640. The Hall–Kier alpha value is -5.05. The van der Waals surface area contributed by atoms with Crippen molar-refractivity contribution in [1.29, 1.82) is 0 Å². The fraction of sp³-hybridized carbons (Fsp3) is 0.200. The number of aryl methyl sites for hydroxylation is 2. The molecule has 228 valence electrons. The molecule has 0 saturated heterocycles. The number of hydrogen-bond donors (Lipinski definition) is 0. The highest BCUT2D eigenvalue weighted by Gasteiger charge is 2.31. The van der Waals surface area contributed by atoms with Crippen LogP contribution in [0.4, 0.5) is 13.2 Å². The standard InChI is InChI=1S/C18H18O4.C17H13F3O2/c1-12-4-6-13(7-5-12)15(19)11-16(20)14-8-9-17(21-2)18(10-14)22-3;1-11-5-7-12(8-6-11)15(21)10-16(22)13-3-2-4-14(9-13)17(18,19)20/h4-10H,11H2,1-3H3;2-9H,10H2,1H3. The molecule has 0 fully saturated rings. The molecule has 0 amide bonds. The molecule has 4 rings (SSSR count). The number of carbonyl (C=O) groups excluding carboxylic acids is 4. The number of ketones is 4. The average Bonchev–Trinajstić information content (AvgIpc) is 3.01. The molecule has 0 aliphatic carbocycles. The van der Waals surface area contributed by atoms with Crippen molar-refractivity contribution in [3.8, 4) is 11.5 Å². The summed E-state index contributed by atoms with van der Waals surface area (Å²) in [5.41, 5.74) is 2.36. The molecule has 4 aromatic rings. The lowest BCUT2D eigenvalue weighted by atomic mass is 9.99. The van der Waals surface area contributed by atoms with E-state index in [-0.39, 0.29) is 23.6 Å². The van der Waals surface area contributed by atoms with Gasteiger partial charge in [0, 0.05) is 22.3 Å². The maximum Gasteiger partial charge on any atom is 0.416 e. The molecule has 0 saturated carbocycles. The van der Waals surface area contributed by atoms with E-state index in [0.717, 1.165) is 29.3 Å². The van der Waals surface area contributed by atoms with Crippen LogP contribution in [-0.2, 0) is 6.18 Å². The minimum atomic E-state index is -4.52. The third kappa shape index (κ3) is 9.22. The number of Topliss-reactive ketones (excluding diaryl/α,β-unsaturated/α-hetero) is 4. The Morgan fingerprint density at radius 2 is 0.955 bits per heavy atom. The molecule has 44 heavy (non-hydrogen) atoms. The number of benzene rings is 4. The molecule has 0 aliphatic heterocycles. The maximum absolute atomic E-state index is 12.6. The molecular formula is C35H31F3O6. The molecule has 0 spiro atoms. The molecule has 0 heterocycles. The van der Waals surface area contributed by atoms with E-state index in [9.17, 15) is 32.3 Å². The van der Waals surface area contributed by atoms with Gasteiger partial charge >= 0.3 is 6.18 Å². The fourth-order valence-electron chi connectivity index (χ4n) is 4.06. The summed E-state index contributed by atoms with van der Waals surface area (Å²) in [6, 6.07) is 22.8. The summed E-state index contributed by atoms with van der Waals surface area (Å²) in [7, 11) is 3.03. The Morgan fingerprint density at radius 3 is 1.39 bits per heavy atom. The first kappa shape index (κ1) is 33.5. The van der Waals surface area contributed by atoms with Crippen LogP contribution in [0.15, 0.2) is 91.0 Å². The molecule has 0 unspecified atom stereocenters. The van der Waals surface area contributed by atoms with Crippen molar-refractivity contribution in [2.45, 2.75) is 32.9 Å². The average molecular weight is 605 g/mol. The van der Waals surface area contributed by atoms with Crippen molar-refractivity contribution in [1.82, 2.24) is 0 Å². The lowest BCUT2D eigenvalue weighted by Crippen LogP contribution is -2.11. The predicted molar refractivity (Wildman–Crippen MR) is 160 cm³/mol. The van der Waals surface area contributed by atoms with E-state index in [4.69, 9.17) is 9.47 Å². The van der Waals surface area contributed by atoms with E-state index in [1.54, 1.807) is 54.6 Å². The van der Waals surface area contributed by atoms with Gasteiger partial charge in [0.25, 0.3) is 0 Å². The fourth-order valence-corrected chi connectivity index (χ4v) is 4.06. The molecule has 0 aromatic heterocycles. The summed E-state index contributed by atoms with van der Waals surface area (Å²) in [6.45, 7) is 3.81. The predicted octanol–water partition coefficient (Wildman–Crippen LogP) is 7.94. The van der Waals surface area contributed by atoms with Gasteiger partial charge in [0.15, 0.2) is 34.6 Å². The first-order chi connectivity index (χ1) is 20.8. The molecule has 0 N–H and O–H groups in total. The summed E-state index contributed by atoms with van der Waals surface area (Å²) in [4.78, 5) is 48.4. The Balaban J connectivity index is 0.000000240. The van der Waals surface area contributed by atoms with Crippen LogP contribution in [0.5, 0.6) is 11.5 Å². The number of halogens is 3. The monoisotopic (exact) mass is 604 g/mol. The van der Waals surface area contributed by atoms with E-state index in [1.165, 1.54) is 20.3 Å². The maximum atomic E-state index is 12.6. The van der Waals surface area contributed by atoms with Gasteiger partial charge in [-0.05, 0) is 44.2 Å². The minimum absolute atomic E-state index is 0.115. The van der Waals surface area contributed by atoms with Crippen LogP contribution in [-0.4, -0.2) is 37.4 Å². The van der Waals surface area contributed by atoms with Crippen molar-refractivity contribution < 1.29 is 41.8 Å². The van der Waals surface area contributed by atoms with E-state index < -0.39 is 29.7 Å². The van der Waals surface area contributed by atoms with Crippen molar-refractivity contribution in [3.05, 3.63) is 130 Å². The lowest BCUT2D eigenvalue weighted by molar-refractivity contribution is -0.137. The molecule has 0 aliphatic rings. The summed E-state index contributed by atoms with van der Waals surface area (Å²) in [5, 5.41) is 0. The number of rotatable bonds is 10. The number of hydrogen-bond acceptors (Lipinski definition) is 6. The SMILES string of the molecule is COc1ccc(C(=O)CC(=O)c2ccc(C)cc2)cc1OC.Cc1ccc(C(=O)CC(=O)c2cccc(C(F)(F)F)c2)cc1. The first-order valence-corrected chi connectivity index (χ1v) is 13.5. The Labute approximate surface area is 253 Å². The van der Waals surface area contributed by atoms with Gasteiger partial charge in [-0.1, -0.05) is 71.8 Å². The molecule has 4 aromatic carbocycles. The second-order valence-corrected chi connectivity index (χ2v) is 9.93. The second-order valence-electron chi connectivity index (χ2n) is 9.93. The van der Waals surface area contributed by atoms with Crippen LogP contribution < -0.4 is 9.47 Å². The van der Waals surface area contributed by atoms with Gasteiger partial charge in [-0.3, -0.25) is 19.2 Å². The van der Waals surface area contributed by atoms with E-state index >= 15 is 0 Å². The molecule has 6 nitrogen and oxygen atoms in total. The number of alkyl halides is 3. The second kappa shape index (κ2) is 14.9. The smallest absolute Gasteiger partial charge is 0.416 e. The number of carbonyl (C=O) groups is 4. The molecular weight excluding hydrogens is 573 g/mol. The highest BCUT2D eigenvalue weighted by atomic mass is 19.4. The van der Waals surface area contributed by atoms with Gasteiger partial charge in [-0.15, -0.1) is 0 Å². The van der Waals surface area contributed by atoms with Gasteiger partial charge in [-0.2, -0.15) is 13.2 Å². The molecule has 0 radical (unpaired) electrons. The van der Waals surface area contributed by atoms with E-state index in [0.29, 0.717) is 28.2 Å². The largest absolute Gasteiger partial charge is 0.493 e. The van der Waals surface area contributed by atoms with Crippen LogP contribution in [0, 0.1) is 13.8 Å². The van der Waals surface area contributed by atoms with Gasteiger partial charge < -0.3 is 9.47 Å². The van der Waals surface area contributed by atoms with Gasteiger partial charge in [0.1, 0.15) is 0 Å². The lowest BCUT2D eigenvalue weighted by Gasteiger charge is -2.09. The van der Waals surface area contributed by atoms with Crippen LogP contribution in [0.1, 0.15) is 71.0 Å². The highest BCUT2D eigenvalue weighted by molar-refractivity contribution is 6.14. The topological polar surface area (TPSA) is 86.7 Å². The highest BCUT2D eigenvalue weighted by Crippen LogP contribution is 2.30. The minimum Gasteiger partial charge on any atom is -0.493 e. The van der Waals surface area contributed by atoms with E-state index in [1.807, 2.05) is 26.0 Å². The van der Waals surface area contributed by atoms with Crippen molar-refractivity contribution in [2.75, 3.05) is 14.2 Å². The molecule has 9 heteroatoms. The van der Waals surface area contributed by atoms with Crippen molar-refractivity contribution >= 4 is 23.1 Å². The van der Waals surface area contributed by atoms with Gasteiger partial charge in [0.2, 0.25) is 0 Å². The zero-order valence-electron chi connectivity index (χ0n) is 24.7. The Morgan fingerprint density at radius 1 is 0.545 bits per heavy atom. The summed E-state index contributed by atoms with van der Waals surface area (Å²) in [5.74, 6) is -0.467. The molecule has 0 atom stereocenters. The number of methoxy groups -OCH3 is 2. The van der Waals surface area contributed by atoms with Crippen LogP contribution >= 0.6 is 0 Å². The third-order valence-electron chi connectivity index (χ3n) is 6.61. The van der Waals surface area contributed by atoms with E-state index in [2.05, 4.69) is 0 Å². The van der Waals surface area contributed by atoms with Crippen molar-refractivity contribution in [2.24, 2.45) is 0 Å². The third-order valence-corrected chi connectivity index (χ3v) is 6.61. The van der Waals surface area contributed by atoms with Crippen molar-refractivity contribution in [3.63, 3.8) is 0 Å². The van der Waals surface area contributed by atoms with Crippen LogP contribution in [0.25, 0.3) is 0 Å². The normalized spacial score (nSPS) is 10.7. The zero-order chi connectivity index (χ0) is 32.4. The van der Waals surface area contributed by atoms with Crippen LogP contribution in [0.2, 0.25) is 0 Å². The van der Waals surface area contributed by atoms with Crippen LogP contribution in [0.3, 0.4) is 0 Å².